The number of carbonyl (C=O) groups excluding carboxylic acids is 2. The molecule has 2 aromatic rings. The van der Waals surface area contributed by atoms with E-state index in [4.69, 9.17) is 4.74 Å². The summed E-state index contributed by atoms with van der Waals surface area (Å²) < 4.78 is 5.38. The van der Waals surface area contributed by atoms with E-state index in [1.165, 1.54) is 11.3 Å². The number of amides is 1. The van der Waals surface area contributed by atoms with Gasteiger partial charge in [0.25, 0.3) is 11.7 Å². The van der Waals surface area contributed by atoms with Gasteiger partial charge in [0.1, 0.15) is 5.76 Å². The normalized spacial score (nSPS) is 22.2. The van der Waals surface area contributed by atoms with Gasteiger partial charge >= 0.3 is 0 Å². The zero-order valence-corrected chi connectivity index (χ0v) is 18.0. The van der Waals surface area contributed by atoms with Gasteiger partial charge in [-0.3, -0.25) is 19.6 Å². The van der Waals surface area contributed by atoms with Crippen molar-refractivity contribution >= 4 is 28.8 Å². The van der Waals surface area contributed by atoms with E-state index in [1.54, 1.807) is 18.7 Å². The van der Waals surface area contributed by atoms with Crippen LogP contribution in [0.25, 0.3) is 5.76 Å². The molecule has 0 saturated carbocycles. The predicted octanol–water partition coefficient (Wildman–Crippen LogP) is 2.23. The van der Waals surface area contributed by atoms with Crippen molar-refractivity contribution in [2.45, 2.75) is 26.3 Å². The third-order valence-electron chi connectivity index (χ3n) is 5.69. The number of hydrogen-bond acceptors (Lipinski definition) is 7. The molecule has 0 unspecified atom stereocenters. The first-order chi connectivity index (χ1) is 14.5. The highest BCUT2D eigenvalue weighted by Gasteiger charge is 2.46. The van der Waals surface area contributed by atoms with Gasteiger partial charge in [-0.05, 0) is 31.7 Å². The maximum absolute atomic E-state index is 13.0. The molecule has 0 radical (unpaired) electrons. The maximum atomic E-state index is 13.0. The first-order valence-electron chi connectivity index (χ1n) is 10.1. The number of morpholine rings is 1. The van der Waals surface area contributed by atoms with Gasteiger partial charge in [-0.1, -0.05) is 6.07 Å². The average Bonchev–Trinajstić information content (AvgIpc) is 3.44. The van der Waals surface area contributed by atoms with Crippen LogP contribution in [0.2, 0.25) is 0 Å². The summed E-state index contributed by atoms with van der Waals surface area (Å²) in [5.41, 5.74) is 1.88. The minimum atomic E-state index is -0.641. The number of aliphatic hydroxyl groups excluding tert-OH is 1. The highest BCUT2D eigenvalue weighted by Crippen LogP contribution is 2.41. The topological polar surface area (TPSA) is 98.8 Å². The second-order valence-electron chi connectivity index (χ2n) is 7.62. The van der Waals surface area contributed by atoms with Crippen molar-refractivity contribution in [2.75, 3.05) is 39.4 Å². The molecule has 1 amide bonds. The Morgan fingerprint density at radius 1 is 1.30 bits per heavy atom. The standard InChI is InChI=1S/C21H26N4O4S/c1-13-16(14(2)23-22-13)19(26)17-18(15-5-3-12-30-15)25(21(28)20(17)27)7-4-6-24-8-10-29-11-9-24/h3,5,12,18,26H,4,6-11H2,1-2H3,(H,22,23)/t18-/m1/s1. The summed E-state index contributed by atoms with van der Waals surface area (Å²) in [4.78, 5) is 30.7. The molecule has 9 heteroatoms. The van der Waals surface area contributed by atoms with Crippen LogP contribution in [0.15, 0.2) is 23.1 Å². The van der Waals surface area contributed by atoms with Gasteiger partial charge in [-0.2, -0.15) is 5.10 Å². The first-order valence-corrected chi connectivity index (χ1v) is 11.0. The van der Waals surface area contributed by atoms with Crippen LogP contribution in [0, 0.1) is 13.8 Å². The van der Waals surface area contributed by atoms with Crippen molar-refractivity contribution in [2.24, 2.45) is 0 Å². The molecular formula is C21H26N4O4S. The molecule has 160 valence electrons. The Morgan fingerprint density at radius 2 is 2.07 bits per heavy atom. The summed E-state index contributed by atoms with van der Waals surface area (Å²) in [6, 6.07) is 3.21. The number of aliphatic hydroxyl groups is 1. The van der Waals surface area contributed by atoms with Gasteiger partial charge in [-0.25, -0.2) is 0 Å². The first kappa shape index (κ1) is 20.8. The Bertz CT molecular complexity index is 940. The highest BCUT2D eigenvalue weighted by atomic mass is 32.1. The van der Waals surface area contributed by atoms with E-state index in [-0.39, 0.29) is 11.3 Å². The summed E-state index contributed by atoms with van der Waals surface area (Å²) in [5, 5.41) is 19.9. The van der Waals surface area contributed by atoms with E-state index in [2.05, 4.69) is 15.1 Å². The molecule has 2 fully saturated rings. The number of aromatic nitrogens is 2. The van der Waals surface area contributed by atoms with Gasteiger partial charge in [0.05, 0.1) is 36.1 Å². The van der Waals surface area contributed by atoms with Crippen molar-refractivity contribution in [3.63, 3.8) is 0 Å². The summed E-state index contributed by atoms with van der Waals surface area (Å²) in [6.07, 6.45) is 0.749. The van der Waals surface area contributed by atoms with E-state index < -0.39 is 17.7 Å². The lowest BCUT2D eigenvalue weighted by atomic mass is 9.99. The lowest BCUT2D eigenvalue weighted by Crippen LogP contribution is -2.38. The van der Waals surface area contributed by atoms with Crippen LogP contribution in [0.5, 0.6) is 0 Å². The molecule has 8 nitrogen and oxygen atoms in total. The quantitative estimate of drug-likeness (QED) is 0.414. The van der Waals surface area contributed by atoms with Crippen LogP contribution < -0.4 is 0 Å². The second kappa shape index (κ2) is 8.71. The van der Waals surface area contributed by atoms with E-state index >= 15 is 0 Å². The SMILES string of the molecule is Cc1n[nH]c(C)c1C(O)=C1C(=O)C(=O)N(CCCN2CCOCC2)[C@@H]1c1cccs1. The Hall–Kier alpha value is -2.49. The number of carbonyl (C=O) groups is 2. The largest absolute Gasteiger partial charge is 0.507 e. The van der Waals surface area contributed by atoms with Crippen LogP contribution in [-0.4, -0.2) is 76.2 Å². The van der Waals surface area contributed by atoms with Crippen molar-refractivity contribution in [1.29, 1.82) is 0 Å². The molecule has 1 atom stereocenters. The molecule has 30 heavy (non-hydrogen) atoms. The van der Waals surface area contributed by atoms with Crippen molar-refractivity contribution in [3.8, 4) is 0 Å². The molecule has 0 spiro atoms. The number of aryl methyl sites for hydroxylation is 2. The van der Waals surface area contributed by atoms with E-state index in [9.17, 15) is 14.7 Å². The highest BCUT2D eigenvalue weighted by molar-refractivity contribution is 7.10. The Kier molecular flexibility index (Phi) is 6.03. The number of rotatable bonds is 6. The number of nitrogens with one attached hydrogen (secondary N) is 1. The number of H-pyrrole nitrogens is 1. The Balaban J connectivity index is 1.64. The molecule has 2 aliphatic heterocycles. The minimum Gasteiger partial charge on any atom is -0.507 e. The third kappa shape index (κ3) is 3.80. The summed E-state index contributed by atoms with van der Waals surface area (Å²) >= 11 is 1.47. The minimum absolute atomic E-state index is 0.140. The Morgan fingerprint density at radius 3 is 2.70 bits per heavy atom. The van der Waals surface area contributed by atoms with E-state index in [0.717, 1.165) is 44.1 Å². The van der Waals surface area contributed by atoms with E-state index in [0.29, 0.717) is 23.5 Å². The van der Waals surface area contributed by atoms with Gasteiger partial charge in [0, 0.05) is 36.8 Å². The molecule has 2 saturated heterocycles. The molecule has 0 aliphatic carbocycles. The lowest BCUT2D eigenvalue weighted by molar-refractivity contribution is -0.140. The monoisotopic (exact) mass is 430 g/mol. The van der Waals surface area contributed by atoms with Crippen LogP contribution >= 0.6 is 11.3 Å². The van der Waals surface area contributed by atoms with Crippen molar-refractivity contribution in [1.82, 2.24) is 20.0 Å². The summed E-state index contributed by atoms with van der Waals surface area (Å²) in [6.45, 7) is 8.05. The molecule has 4 rings (SSSR count). The van der Waals surface area contributed by atoms with Gasteiger partial charge in [-0.15, -0.1) is 11.3 Å². The smallest absolute Gasteiger partial charge is 0.295 e. The molecular weight excluding hydrogens is 404 g/mol. The summed E-state index contributed by atoms with van der Waals surface area (Å²) in [7, 11) is 0. The molecule has 2 aliphatic rings. The van der Waals surface area contributed by atoms with Crippen molar-refractivity contribution < 1.29 is 19.4 Å². The van der Waals surface area contributed by atoms with E-state index in [1.807, 2.05) is 17.5 Å². The molecule has 0 aromatic carbocycles. The molecule has 0 bridgehead atoms. The van der Waals surface area contributed by atoms with Crippen LogP contribution in [-0.2, 0) is 14.3 Å². The zero-order chi connectivity index (χ0) is 21.3. The number of likely N-dealkylation sites (tertiary alicyclic amines) is 1. The number of aromatic amines is 1. The molecule has 2 N–H and O–H groups in total. The third-order valence-corrected chi connectivity index (χ3v) is 6.62. The number of thiophene rings is 1. The number of nitrogens with zero attached hydrogens (tertiary/aromatic N) is 3. The van der Waals surface area contributed by atoms with Gasteiger partial charge < -0.3 is 14.7 Å². The number of hydrogen-bond donors (Lipinski definition) is 2. The number of Topliss-reactive ketones (excluding diaryl/α,β-unsaturated/α-hetero) is 1. The fourth-order valence-corrected chi connectivity index (χ4v) is 5.02. The molecule has 4 heterocycles. The fraction of sp³-hybridized carbons (Fsp3) is 0.476. The number of ketones is 1. The average molecular weight is 431 g/mol. The lowest BCUT2D eigenvalue weighted by Gasteiger charge is -2.28. The second-order valence-corrected chi connectivity index (χ2v) is 8.60. The molecule has 2 aromatic heterocycles. The van der Waals surface area contributed by atoms with Crippen LogP contribution in [0.1, 0.15) is 34.3 Å². The summed E-state index contributed by atoms with van der Waals surface area (Å²) in [5.74, 6) is -1.36. The number of ether oxygens (including phenoxy) is 1. The van der Waals surface area contributed by atoms with Gasteiger partial charge in [0.2, 0.25) is 0 Å². The van der Waals surface area contributed by atoms with Crippen LogP contribution in [0.3, 0.4) is 0 Å². The van der Waals surface area contributed by atoms with Crippen molar-refractivity contribution in [3.05, 3.63) is 44.9 Å². The fourth-order valence-electron chi connectivity index (χ4n) is 4.18. The van der Waals surface area contributed by atoms with Crippen LogP contribution in [0.4, 0.5) is 0 Å². The zero-order valence-electron chi connectivity index (χ0n) is 17.2. The predicted molar refractivity (Wildman–Crippen MR) is 113 cm³/mol. The Labute approximate surface area is 179 Å². The van der Waals surface area contributed by atoms with Gasteiger partial charge in [0.15, 0.2) is 0 Å². The maximum Gasteiger partial charge on any atom is 0.295 e.